The number of nitrogens with two attached hydrogens (primary N) is 1. The van der Waals surface area contributed by atoms with Crippen molar-refractivity contribution in [3.05, 3.63) is 75.3 Å². The van der Waals surface area contributed by atoms with E-state index >= 15 is 0 Å². The number of non-ortho nitro benzene ring substituents is 1. The minimum atomic E-state index is -0.461. The zero-order valence-corrected chi connectivity index (χ0v) is 11.3. The fourth-order valence-electron chi connectivity index (χ4n) is 1.86. The smallest absolute Gasteiger partial charge is 0.269 e. The second-order valence-corrected chi connectivity index (χ2v) is 4.51. The Hall–Kier alpha value is -2.73. The number of hydrogen-bond acceptors (Lipinski definition) is 4. The van der Waals surface area contributed by atoms with E-state index in [0.717, 1.165) is 5.56 Å². The molecule has 0 bridgehead atoms. The SMILES string of the molecule is NCc1ccc(C(=O)NCc2cccc([N+](=O)[O-])c2)cc1. The molecule has 0 aliphatic carbocycles. The van der Waals surface area contributed by atoms with E-state index in [-0.39, 0.29) is 18.1 Å². The third kappa shape index (κ3) is 3.87. The van der Waals surface area contributed by atoms with Crippen LogP contribution in [-0.4, -0.2) is 10.8 Å². The van der Waals surface area contributed by atoms with Gasteiger partial charge in [0.2, 0.25) is 0 Å². The van der Waals surface area contributed by atoms with E-state index in [2.05, 4.69) is 5.32 Å². The van der Waals surface area contributed by atoms with E-state index in [1.807, 2.05) is 0 Å². The van der Waals surface area contributed by atoms with Crippen LogP contribution in [0.5, 0.6) is 0 Å². The summed E-state index contributed by atoms with van der Waals surface area (Å²) in [6.45, 7) is 0.661. The number of carbonyl (C=O) groups excluding carboxylic acids is 1. The molecule has 0 saturated carbocycles. The average Bonchev–Trinajstić information content (AvgIpc) is 2.53. The van der Waals surface area contributed by atoms with Gasteiger partial charge in [-0.3, -0.25) is 14.9 Å². The normalized spacial score (nSPS) is 10.1. The Morgan fingerprint density at radius 2 is 1.86 bits per heavy atom. The van der Waals surface area contributed by atoms with Crippen LogP contribution in [0.2, 0.25) is 0 Å². The number of carbonyl (C=O) groups is 1. The molecule has 0 atom stereocenters. The van der Waals surface area contributed by atoms with E-state index < -0.39 is 4.92 Å². The van der Waals surface area contributed by atoms with E-state index in [1.165, 1.54) is 12.1 Å². The van der Waals surface area contributed by atoms with Crippen molar-refractivity contribution in [3.8, 4) is 0 Å². The summed E-state index contributed by atoms with van der Waals surface area (Å²) in [6, 6.07) is 13.2. The monoisotopic (exact) mass is 285 g/mol. The van der Waals surface area contributed by atoms with Crippen LogP contribution in [0.4, 0.5) is 5.69 Å². The Bertz CT molecular complexity index is 653. The molecule has 6 heteroatoms. The summed E-state index contributed by atoms with van der Waals surface area (Å²) in [4.78, 5) is 22.2. The van der Waals surface area contributed by atoms with Gasteiger partial charge in [-0.25, -0.2) is 0 Å². The molecule has 0 heterocycles. The minimum absolute atomic E-state index is 0.00838. The van der Waals surface area contributed by atoms with Crippen molar-refractivity contribution in [1.82, 2.24) is 5.32 Å². The molecular weight excluding hydrogens is 270 g/mol. The molecule has 0 aliphatic rings. The predicted octanol–water partition coefficient (Wildman–Crippen LogP) is 1.98. The Morgan fingerprint density at radius 3 is 2.48 bits per heavy atom. The van der Waals surface area contributed by atoms with Crippen LogP contribution in [-0.2, 0) is 13.1 Å². The van der Waals surface area contributed by atoms with Gasteiger partial charge in [-0.05, 0) is 23.3 Å². The molecule has 0 spiro atoms. The van der Waals surface area contributed by atoms with Crippen LogP contribution in [0.3, 0.4) is 0 Å². The Morgan fingerprint density at radius 1 is 1.14 bits per heavy atom. The summed E-state index contributed by atoms with van der Waals surface area (Å²) in [7, 11) is 0. The summed E-state index contributed by atoms with van der Waals surface area (Å²) >= 11 is 0. The molecule has 6 nitrogen and oxygen atoms in total. The molecule has 0 radical (unpaired) electrons. The standard InChI is InChI=1S/C15H15N3O3/c16-9-11-4-6-13(7-5-11)15(19)17-10-12-2-1-3-14(8-12)18(20)21/h1-8H,9-10,16H2,(H,17,19). The zero-order valence-electron chi connectivity index (χ0n) is 11.3. The highest BCUT2D eigenvalue weighted by molar-refractivity contribution is 5.94. The molecule has 108 valence electrons. The summed E-state index contributed by atoms with van der Waals surface area (Å²) < 4.78 is 0. The second-order valence-electron chi connectivity index (χ2n) is 4.51. The number of nitrogens with zero attached hydrogens (tertiary/aromatic N) is 1. The third-order valence-corrected chi connectivity index (χ3v) is 3.03. The lowest BCUT2D eigenvalue weighted by molar-refractivity contribution is -0.384. The molecule has 0 aromatic heterocycles. The van der Waals surface area contributed by atoms with E-state index in [9.17, 15) is 14.9 Å². The quantitative estimate of drug-likeness (QED) is 0.648. The molecule has 0 aliphatic heterocycles. The zero-order chi connectivity index (χ0) is 15.2. The molecule has 0 unspecified atom stereocenters. The lowest BCUT2D eigenvalue weighted by Crippen LogP contribution is -2.22. The van der Waals surface area contributed by atoms with E-state index in [1.54, 1.807) is 36.4 Å². The number of hydrogen-bond donors (Lipinski definition) is 2. The van der Waals surface area contributed by atoms with Gasteiger partial charge in [-0.1, -0.05) is 24.3 Å². The van der Waals surface area contributed by atoms with Gasteiger partial charge in [0.1, 0.15) is 0 Å². The van der Waals surface area contributed by atoms with Gasteiger partial charge in [0.15, 0.2) is 0 Å². The topological polar surface area (TPSA) is 98.3 Å². The second kappa shape index (κ2) is 6.62. The minimum Gasteiger partial charge on any atom is -0.348 e. The molecule has 2 aromatic rings. The lowest BCUT2D eigenvalue weighted by atomic mass is 10.1. The van der Waals surface area contributed by atoms with Crippen LogP contribution in [0.25, 0.3) is 0 Å². The van der Waals surface area contributed by atoms with Crippen molar-refractivity contribution in [2.24, 2.45) is 5.73 Å². The Labute approximate surface area is 121 Å². The molecule has 0 fully saturated rings. The first kappa shape index (κ1) is 14.7. The van der Waals surface area contributed by atoms with Gasteiger partial charge in [0.25, 0.3) is 11.6 Å². The maximum atomic E-state index is 12.0. The molecule has 2 aromatic carbocycles. The van der Waals surface area contributed by atoms with Crippen molar-refractivity contribution < 1.29 is 9.72 Å². The fraction of sp³-hybridized carbons (Fsp3) is 0.133. The highest BCUT2D eigenvalue weighted by atomic mass is 16.6. The number of benzene rings is 2. The first-order valence-corrected chi connectivity index (χ1v) is 6.40. The lowest BCUT2D eigenvalue weighted by Gasteiger charge is -2.06. The van der Waals surface area contributed by atoms with Gasteiger partial charge in [0, 0.05) is 30.8 Å². The van der Waals surface area contributed by atoms with Crippen LogP contribution in [0, 0.1) is 10.1 Å². The summed E-state index contributed by atoms with van der Waals surface area (Å²) in [5.41, 5.74) is 7.65. The number of amides is 1. The molecular formula is C15H15N3O3. The van der Waals surface area contributed by atoms with Crippen molar-refractivity contribution in [1.29, 1.82) is 0 Å². The van der Waals surface area contributed by atoms with Crippen molar-refractivity contribution in [2.75, 3.05) is 0 Å². The number of nitro benzene ring substituents is 1. The molecule has 3 N–H and O–H groups in total. The summed E-state index contributed by atoms with van der Waals surface area (Å²) in [6.07, 6.45) is 0. The molecule has 21 heavy (non-hydrogen) atoms. The largest absolute Gasteiger partial charge is 0.348 e. The van der Waals surface area contributed by atoms with Crippen LogP contribution in [0.1, 0.15) is 21.5 Å². The predicted molar refractivity (Wildman–Crippen MR) is 78.6 cm³/mol. The highest BCUT2D eigenvalue weighted by Gasteiger charge is 2.08. The summed E-state index contributed by atoms with van der Waals surface area (Å²) in [5, 5.41) is 13.4. The van der Waals surface area contributed by atoms with Crippen LogP contribution < -0.4 is 11.1 Å². The van der Waals surface area contributed by atoms with Gasteiger partial charge in [0.05, 0.1) is 4.92 Å². The van der Waals surface area contributed by atoms with Gasteiger partial charge < -0.3 is 11.1 Å². The molecule has 1 amide bonds. The van der Waals surface area contributed by atoms with E-state index in [0.29, 0.717) is 17.7 Å². The Kier molecular flexibility index (Phi) is 4.63. The van der Waals surface area contributed by atoms with Crippen LogP contribution in [0.15, 0.2) is 48.5 Å². The number of rotatable bonds is 5. The average molecular weight is 285 g/mol. The van der Waals surface area contributed by atoms with Crippen molar-refractivity contribution in [2.45, 2.75) is 13.1 Å². The number of nitro groups is 1. The first-order valence-electron chi connectivity index (χ1n) is 6.40. The third-order valence-electron chi connectivity index (χ3n) is 3.03. The van der Waals surface area contributed by atoms with Gasteiger partial charge in [-0.2, -0.15) is 0 Å². The van der Waals surface area contributed by atoms with Crippen molar-refractivity contribution in [3.63, 3.8) is 0 Å². The van der Waals surface area contributed by atoms with Crippen LogP contribution >= 0.6 is 0 Å². The number of nitrogens with one attached hydrogen (secondary N) is 1. The fourth-order valence-corrected chi connectivity index (χ4v) is 1.86. The first-order chi connectivity index (χ1) is 10.1. The highest BCUT2D eigenvalue weighted by Crippen LogP contribution is 2.13. The molecule has 0 saturated heterocycles. The maximum Gasteiger partial charge on any atom is 0.269 e. The molecule has 2 rings (SSSR count). The summed E-state index contributed by atoms with van der Waals surface area (Å²) in [5.74, 6) is -0.231. The van der Waals surface area contributed by atoms with Gasteiger partial charge in [-0.15, -0.1) is 0 Å². The Balaban J connectivity index is 2.00. The van der Waals surface area contributed by atoms with Gasteiger partial charge >= 0.3 is 0 Å². The maximum absolute atomic E-state index is 12.0. The van der Waals surface area contributed by atoms with Crippen molar-refractivity contribution >= 4 is 11.6 Å². The van der Waals surface area contributed by atoms with E-state index in [4.69, 9.17) is 5.73 Å².